The normalized spacial score (nSPS) is 11.6. The fourth-order valence-electron chi connectivity index (χ4n) is 3.12. The Morgan fingerprint density at radius 2 is 1.29 bits per heavy atom. The number of allylic oxidation sites excluding steroid dienone is 1. The third-order valence-corrected chi connectivity index (χ3v) is 4.98. The van der Waals surface area contributed by atoms with Crippen molar-refractivity contribution < 1.29 is 45.4 Å². The molecule has 0 aliphatic rings. The second-order valence-electron chi connectivity index (χ2n) is 8.27. The number of aliphatic hydroxyl groups excluding tert-OH is 4. The molecule has 8 N–H and O–H groups in total. The molecule has 0 aromatic carbocycles. The Labute approximate surface area is 212 Å². The average Bonchev–Trinajstić information content (AvgIpc) is 2.78. The summed E-state index contributed by atoms with van der Waals surface area (Å²) < 4.78 is 0. The number of rotatable bonds is 21. The number of nitrogens with zero attached hydrogens (tertiary/aromatic N) is 1. The van der Waals surface area contributed by atoms with Crippen LogP contribution in [0.15, 0.2) is 12.2 Å². The molecular weight excluding hydrogens is 457 g/mol. The summed E-state index contributed by atoms with van der Waals surface area (Å²) >= 11 is 0. The van der Waals surface area contributed by atoms with E-state index >= 15 is 0 Å². The van der Waals surface area contributed by atoms with Crippen molar-refractivity contribution in [1.29, 1.82) is 0 Å². The summed E-state index contributed by atoms with van der Waals surface area (Å²) in [7, 11) is -2.17. The van der Waals surface area contributed by atoms with Crippen molar-refractivity contribution in [3.63, 3.8) is 0 Å². The Morgan fingerprint density at radius 3 is 1.77 bits per heavy atom. The van der Waals surface area contributed by atoms with Crippen LogP contribution in [0.1, 0.15) is 90.4 Å². The molecule has 0 radical (unpaired) electrons. The highest BCUT2D eigenvalue weighted by Crippen LogP contribution is 2.10. The standard InChI is InChI=1S/C18H34O3.C6H15NO3.BH3O3/c1-2-3-4-11-14-17(19)15-12-9-7-5-6-8-10-13-16-18(20)21;8-4-1-7(2-5-9)3-6-10;2-1(3)4/h9,12,17,19H,2-8,10-11,13-16H2,1H3,(H,20,21);8-10H,1-6H2;2-4H/b12-9-;;. The minimum Gasteiger partial charge on any atom is -0.481 e. The quantitative estimate of drug-likeness (QED) is 0.0638. The molecule has 0 spiro atoms. The predicted octanol–water partition coefficient (Wildman–Crippen LogP) is 1.29. The van der Waals surface area contributed by atoms with Gasteiger partial charge in [0.05, 0.1) is 25.9 Å². The minimum absolute atomic E-state index is 0.0694. The Morgan fingerprint density at radius 1 is 0.800 bits per heavy atom. The lowest BCUT2D eigenvalue weighted by Gasteiger charge is -2.17. The average molecular weight is 509 g/mol. The van der Waals surface area contributed by atoms with E-state index in [1.54, 1.807) is 4.90 Å². The molecule has 10 nitrogen and oxygen atoms in total. The number of unbranched alkanes of at least 4 members (excludes halogenated alkanes) is 8. The molecule has 0 rings (SSSR count). The lowest BCUT2D eigenvalue weighted by Crippen LogP contribution is -2.32. The lowest BCUT2D eigenvalue weighted by molar-refractivity contribution is -0.137. The number of hydrogen-bond donors (Lipinski definition) is 8. The van der Waals surface area contributed by atoms with E-state index in [-0.39, 0.29) is 25.9 Å². The van der Waals surface area contributed by atoms with Gasteiger partial charge in [0.1, 0.15) is 0 Å². The van der Waals surface area contributed by atoms with Gasteiger partial charge in [-0.2, -0.15) is 0 Å². The van der Waals surface area contributed by atoms with E-state index in [2.05, 4.69) is 19.1 Å². The predicted molar refractivity (Wildman–Crippen MR) is 139 cm³/mol. The maximum absolute atomic E-state index is 10.3. The van der Waals surface area contributed by atoms with Crippen LogP contribution in [0.4, 0.5) is 0 Å². The van der Waals surface area contributed by atoms with Gasteiger partial charge >= 0.3 is 13.3 Å². The molecule has 1 atom stereocenters. The number of aliphatic hydroxyl groups is 4. The van der Waals surface area contributed by atoms with E-state index in [9.17, 15) is 9.90 Å². The first kappa shape index (κ1) is 38.5. The summed E-state index contributed by atoms with van der Waals surface area (Å²) in [5, 5.41) is 65.3. The number of hydrogen-bond acceptors (Lipinski definition) is 9. The van der Waals surface area contributed by atoms with Crippen LogP contribution in [-0.4, -0.2) is 104 Å². The Hall–Kier alpha value is -1.05. The summed E-state index contributed by atoms with van der Waals surface area (Å²) in [5.74, 6) is -0.689. The van der Waals surface area contributed by atoms with E-state index in [0.29, 0.717) is 26.1 Å². The Bertz CT molecular complexity index is 426. The van der Waals surface area contributed by atoms with Gasteiger partial charge in [-0.3, -0.25) is 9.69 Å². The molecule has 1 unspecified atom stereocenters. The first-order valence-corrected chi connectivity index (χ1v) is 12.9. The zero-order valence-electron chi connectivity index (χ0n) is 21.7. The van der Waals surface area contributed by atoms with Crippen molar-refractivity contribution in [2.45, 2.75) is 96.5 Å². The van der Waals surface area contributed by atoms with Crippen LogP contribution >= 0.6 is 0 Å². The van der Waals surface area contributed by atoms with Gasteiger partial charge in [0, 0.05) is 26.1 Å². The minimum atomic E-state index is -2.17. The van der Waals surface area contributed by atoms with Gasteiger partial charge < -0.3 is 40.6 Å². The molecule has 0 amide bonds. The summed E-state index contributed by atoms with van der Waals surface area (Å²) in [6.07, 6.45) is 17.4. The van der Waals surface area contributed by atoms with Gasteiger partial charge in [-0.15, -0.1) is 0 Å². The molecule has 0 bridgehead atoms. The molecule has 0 aromatic heterocycles. The van der Waals surface area contributed by atoms with Crippen molar-refractivity contribution in [2.75, 3.05) is 39.5 Å². The second-order valence-corrected chi connectivity index (χ2v) is 8.27. The number of aliphatic carboxylic acids is 1. The first-order chi connectivity index (χ1) is 16.7. The molecule has 0 aromatic rings. The fourth-order valence-corrected chi connectivity index (χ4v) is 3.12. The summed E-state index contributed by atoms with van der Waals surface area (Å²) in [6, 6.07) is 0. The SMILES string of the molecule is CCCCCCC(O)C/C=C\CCCCCCCC(=O)O.OB(O)O.OCCN(CCO)CCO. The van der Waals surface area contributed by atoms with E-state index in [4.69, 9.17) is 35.5 Å². The van der Waals surface area contributed by atoms with Crippen LogP contribution < -0.4 is 0 Å². The zero-order valence-corrected chi connectivity index (χ0v) is 21.7. The number of carboxylic acid groups (broad SMARTS) is 1. The summed E-state index contributed by atoms with van der Waals surface area (Å²) in [5.41, 5.74) is 0. The molecule has 0 aliphatic carbocycles. The number of carboxylic acids is 1. The Balaban J connectivity index is -0.000000603. The monoisotopic (exact) mass is 509 g/mol. The molecule has 0 fully saturated rings. The highest BCUT2D eigenvalue weighted by atomic mass is 16.5. The maximum atomic E-state index is 10.3. The van der Waals surface area contributed by atoms with Gasteiger partial charge in [-0.25, -0.2) is 0 Å². The van der Waals surface area contributed by atoms with E-state index < -0.39 is 13.3 Å². The van der Waals surface area contributed by atoms with Crippen molar-refractivity contribution in [1.82, 2.24) is 4.90 Å². The molecule has 11 heteroatoms. The van der Waals surface area contributed by atoms with Gasteiger partial charge in [0.2, 0.25) is 0 Å². The van der Waals surface area contributed by atoms with Crippen molar-refractivity contribution in [2.24, 2.45) is 0 Å². The zero-order chi connectivity index (χ0) is 27.2. The fraction of sp³-hybridized carbons (Fsp3) is 0.875. The molecule has 35 heavy (non-hydrogen) atoms. The number of carbonyl (C=O) groups is 1. The third-order valence-electron chi connectivity index (χ3n) is 4.98. The van der Waals surface area contributed by atoms with E-state index in [0.717, 1.165) is 51.4 Å². The van der Waals surface area contributed by atoms with Crippen LogP contribution in [0.5, 0.6) is 0 Å². The molecule has 0 saturated carbocycles. The highest BCUT2D eigenvalue weighted by molar-refractivity contribution is 6.30. The van der Waals surface area contributed by atoms with Gasteiger partial charge in [-0.1, -0.05) is 64.0 Å². The maximum Gasteiger partial charge on any atom is 0.631 e. The van der Waals surface area contributed by atoms with Crippen molar-refractivity contribution in [3.8, 4) is 0 Å². The largest absolute Gasteiger partial charge is 0.631 e. The van der Waals surface area contributed by atoms with Crippen LogP contribution in [0.25, 0.3) is 0 Å². The molecule has 210 valence electrons. The van der Waals surface area contributed by atoms with E-state index in [1.807, 2.05) is 0 Å². The molecule has 0 aliphatic heterocycles. The van der Waals surface area contributed by atoms with Crippen LogP contribution in [0.3, 0.4) is 0 Å². The van der Waals surface area contributed by atoms with Crippen molar-refractivity contribution in [3.05, 3.63) is 12.2 Å². The van der Waals surface area contributed by atoms with Crippen LogP contribution in [0.2, 0.25) is 0 Å². The Kier molecular flexibility index (Phi) is 36.2. The van der Waals surface area contributed by atoms with Gasteiger partial charge in [0.15, 0.2) is 0 Å². The molecule has 0 heterocycles. The molecular formula is C24H52BNO9. The second kappa shape index (κ2) is 33.0. The van der Waals surface area contributed by atoms with Crippen LogP contribution in [-0.2, 0) is 4.79 Å². The highest BCUT2D eigenvalue weighted by Gasteiger charge is 2.01. The third kappa shape index (κ3) is 43.5. The van der Waals surface area contributed by atoms with E-state index in [1.165, 1.54) is 25.7 Å². The topological polar surface area (TPSA) is 182 Å². The van der Waals surface area contributed by atoms with Crippen molar-refractivity contribution >= 4 is 13.3 Å². The summed E-state index contributed by atoms with van der Waals surface area (Å²) in [4.78, 5) is 12.1. The van der Waals surface area contributed by atoms with Gasteiger partial charge in [0.25, 0.3) is 0 Å². The van der Waals surface area contributed by atoms with Crippen LogP contribution in [0, 0.1) is 0 Å². The lowest BCUT2D eigenvalue weighted by atomic mass is 10.1. The first-order valence-electron chi connectivity index (χ1n) is 12.9. The summed E-state index contributed by atoms with van der Waals surface area (Å²) in [6.45, 7) is 3.95. The molecule has 0 saturated heterocycles. The van der Waals surface area contributed by atoms with Gasteiger partial charge in [-0.05, 0) is 32.1 Å². The smallest absolute Gasteiger partial charge is 0.481 e.